The van der Waals surface area contributed by atoms with Crippen LogP contribution in [0.1, 0.15) is 53.0 Å². The molecule has 0 unspecified atom stereocenters. The predicted molar refractivity (Wildman–Crippen MR) is 186 cm³/mol. The summed E-state index contributed by atoms with van der Waals surface area (Å²) >= 11 is 0. The predicted octanol–water partition coefficient (Wildman–Crippen LogP) is 0.168. The maximum Gasteiger partial charge on any atom is 0.331 e. The Hall–Kier alpha value is -2.81. The van der Waals surface area contributed by atoms with E-state index in [9.17, 15) is 45.6 Å². The van der Waals surface area contributed by atoms with Gasteiger partial charge in [-0.25, -0.2) is 4.79 Å². The minimum Gasteiger partial charge on any atom is -0.508 e. The van der Waals surface area contributed by atoms with Crippen LogP contribution in [0.15, 0.2) is 54.6 Å². The van der Waals surface area contributed by atoms with Gasteiger partial charge in [0.2, 0.25) is 0 Å². The lowest BCUT2D eigenvalue weighted by Crippen LogP contribution is -2.64. The molecule has 0 aliphatic carbocycles. The van der Waals surface area contributed by atoms with Gasteiger partial charge in [-0.3, -0.25) is 0 Å². The van der Waals surface area contributed by atoms with Gasteiger partial charge in [0, 0.05) is 6.08 Å². The monoisotopic (exact) mass is 754 g/mol. The zero-order valence-electron chi connectivity index (χ0n) is 30.5. The maximum absolute atomic E-state index is 13.0. The number of hydrogen-bond donors (Lipinski definition) is 8. The molecular formula is C37H54O16. The van der Waals surface area contributed by atoms with Gasteiger partial charge in [-0.15, -0.1) is 6.58 Å². The van der Waals surface area contributed by atoms with E-state index in [1.54, 1.807) is 25.1 Å². The molecule has 0 aromatic heterocycles. The number of carbonyl (C=O) groups is 1. The third kappa shape index (κ3) is 10.9. The molecule has 0 saturated carbocycles. The van der Waals surface area contributed by atoms with Gasteiger partial charge in [-0.05, 0) is 71.2 Å². The first kappa shape index (κ1) is 42.9. The fourth-order valence-electron chi connectivity index (χ4n) is 6.11. The van der Waals surface area contributed by atoms with Crippen LogP contribution in [-0.2, 0) is 38.0 Å². The second-order valence-corrected chi connectivity index (χ2v) is 14.1. The average molecular weight is 755 g/mol. The third-order valence-electron chi connectivity index (χ3n) is 9.51. The highest BCUT2D eigenvalue weighted by atomic mass is 16.8. The molecule has 3 heterocycles. The molecule has 298 valence electrons. The molecule has 4 rings (SSSR count). The van der Waals surface area contributed by atoms with Crippen LogP contribution in [0, 0.1) is 0 Å². The van der Waals surface area contributed by atoms with E-state index in [2.05, 4.69) is 6.58 Å². The number of ether oxygens (including phenoxy) is 7. The Morgan fingerprint density at radius 2 is 1.43 bits per heavy atom. The van der Waals surface area contributed by atoms with Crippen molar-refractivity contribution >= 4 is 12.0 Å². The molecule has 0 amide bonds. The summed E-state index contributed by atoms with van der Waals surface area (Å²) in [7, 11) is 0. The smallest absolute Gasteiger partial charge is 0.331 e. The van der Waals surface area contributed by atoms with Crippen molar-refractivity contribution in [3.63, 3.8) is 0 Å². The average Bonchev–Trinajstić information content (AvgIpc) is 3.12. The quantitative estimate of drug-likeness (QED) is 0.0717. The van der Waals surface area contributed by atoms with Crippen LogP contribution in [-0.4, -0.2) is 151 Å². The molecule has 3 fully saturated rings. The summed E-state index contributed by atoms with van der Waals surface area (Å²) in [5, 5.41) is 84.5. The first-order valence-electron chi connectivity index (χ1n) is 17.6. The molecule has 16 heteroatoms. The standard InChI is InChI=1S/C37H54O16/c1-7-37(6,16-8-9-18(2)3)53-36-30(45)28(43)26(41)23(50-36)17-47-34-31(46)33(52-35-29(44)27(42)25(40)19(4)48-35)32(20(5)49-34)51-24(39)15-12-21-10-13-22(38)14-11-21/h7,9-15,19-20,23,25-36,38,40-46H,1,8,16-17H2,2-6H3/b15-12-/t19-,20-,23+,25-,26+,27+,28-,29+,30+,31+,32-,33-,34+,35-,36-,37-/m0/s1. The summed E-state index contributed by atoms with van der Waals surface area (Å²) in [4.78, 5) is 13.0. The minimum absolute atomic E-state index is 0.0376. The van der Waals surface area contributed by atoms with E-state index in [1.807, 2.05) is 19.9 Å². The Morgan fingerprint density at radius 1 is 0.811 bits per heavy atom. The molecule has 1 aromatic rings. The number of aliphatic hydroxyl groups is 7. The Kier molecular flexibility index (Phi) is 15.1. The van der Waals surface area contributed by atoms with E-state index < -0.39 is 110 Å². The fraction of sp³-hybridized carbons (Fsp3) is 0.649. The first-order valence-corrected chi connectivity index (χ1v) is 17.6. The summed E-state index contributed by atoms with van der Waals surface area (Å²) < 4.78 is 40.8. The van der Waals surface area contributed by atoms with Crippen molar-refractivity contribution in [1.29, 1.82) is 0 Å². The van der Waals surface area contributed by atoms with Gasteiger partial charge in [-0.1, -0.05) is 29.9 Å². The number of rotatable bonds is 14. The molecule has 3 aliphatic rings. The molecule has 3 aliphatic heterocycles. The van der Waals surface area contributed by atoms with E-state index in [0.29, 0.717) is 18.4 Å². The van der Waals surface area contributed by atoms with Gasteiger partial charge in [-0.2, -0.15) is 0 Å². The SMILES string of the molecule is C=C[C@@](C)(CCC=C(C)C)O[C@@H]1O[C@H](CO[C@@H]2O[C@@H](C)[C@H](OC(=O)/C=C\c3ccc(O)cc3)[C@@H](O[C@@H]3O[C@@H](C)[C@H](O)[C@@H](O)[C@H]3O)[C@H]2O)[C@@H](O)[C@H](O)[C@H]1O. The Bertz CT molecular complexity index is 1400. The number of phenols is 1. The summed E-state index contributed by atoms with van der Waals surface area (Å²) in [6, 6.07) is 6.00. The molecule has 0 radical (unpaired) electrons. The van der Waals surface area contributed by atoms with Crippen molar-refractivity contribution in [3.05, 3.63) is 60.2 Å². The van der Waals surface area contributed by atoms with Crippen LogP contribution >= 0.6 is 0 Å². The second-order valence-electron chi connectivity index (χ2n) is 14.1. The molecule has 16 nitrogen and oxygen atoms in total. The van der Waals surface area contributed by atoms with Gasteiger partial charge in [0.25, 0.3) is 0 Å². The highest BCUT2D eigenvalue weighted by Gasteiger charge is 2.52. The number of esters is 1. The first-order chi connectivity index (χ1) is 24.9. The summed E-state index contributed by atoms with van der Waals surface area (Å²) in [5.74, 6) is -0.826. The van der Waals surface area contributed by atoms with Crippen LogP contribution in [0.5, 0.6) is 5.75 Å². The Morgan fingerprint density at radius 3 is 2.08 bits per heavy atom. The lowest BCUT2D eigenvalue weighted by Gasteiger charge is -2.47. The largest absolute Gasteiger partial charge is 0.508 e. The third-order valence-corrected chi connectivity index (χ3v) is 9.51. The van der Waals surface area contributed by atoms with Gasteiger partial charge < -0.3 is 74.0 Å². The highest BCUT2D eigenvalue weighted by Crippen LogP contribution is 2.33. The molecule has 8 N–H and O–H groups in total. The number of phenolic OH excluding ortho intramolecular Hbond substituents is 1. The molecule has 1 aromatic carbocycles. The number of aliphatic hydroxyl groups excluding tert-OH is 7. The normalized spacial score (nSPS) is 38.9. The lowest BCUT2D eigenvalue weighted by atomic mass is 9.96. The fourth-order valence-corrected chi connectivity index (χ4v) is 6.11. The van der Waals surface area contributed by atoms with E-state index in [4.69, 9.17) is 33.2 Å². The van der Waals surface area contributed by atoms with E-state index in [0.717, 1.165) is 11.6 Å². The lowest BCUT2D eigenvalue weighted by molar-refractivity contribution is -0.362. The number of benzene rings is 1. The van der Waals surface area contributed by atoms with Crippen molar-refractivity contribution < 1.29 is 78.8 Å². The molecule has 53 heavy (non-hydrogen) atoms. The molecular weight excluding hydrogens is 700 g/mol. The number of allylic oxidation sites excluding steroid dienone is 2. The van der Waals surface area contributed by atoms with Crippen LogP contribution in [0.4, 0.5) is 0 Å². The van der Waals surface area contributed by atoms with Gasteiger partial charge >= 0.3 is 5.97 Å². The number of aromatic hydroxyl groups is 1. The second kappa shape index (κ2) is 18.7. The van der Waals surface area contributed by atoms with Gasteiger partial charge in [0.1, 0.15) is 60.7 Å². The van der Waals surface area contributed by atoms with Crippen LogP contribution in [0.3, 0.4) is 0 Å². The Labute approximate surface area is 308 Å². The summed E-state index contributed by atoms with van der Waals surface area (Å²) in [6.07, 6.45) is -15.1. The van der Waals surface area contributed by atoms with E-state index in [1.165, 1.54) is 32.1 Å². The van der Waals surface area contributed by atoms with Crippen molar-refractivity contribution in [2.45, 2.75) is 145 Å². The minimum atomic E-state index is -1.77. The van der Waals surface area contributed by atoms with Crippen LogP contribution < -0.4 is 0 Å². The highest BCUT2D eigenvalue weighted by molar-refractivity contribution is 5.87. The zero-order valence-corrected chi connectivity index (χ0v) is 30.5. The number of carbonyl (C=O) groups excluding carboxylic acids is 1. The topological polar surface area (TPSA) is 244 Å². The van der Waals surface area contributed by atoms with Crippen molar-refractivity contribution in [3.8, 4) is 5.75 Å². The van der Waals surface area contributed by atoms with E-state index in [-0.39, 0.29) is 5.75 Å². The Balaban J connectivity index is 1.50. The van der Waals surface area contributed by atoms with Crippen LogP contribution in [0.25, 0.3) is 6.08 Å². The zero-order chi connectivity index (χ0) is 39.2. The van der Waals surface area contributed by atoms with Crippen molar-refractivity contribution in [2.24, 2.45) is 0 Å². The van der Waals surface area contributed by atoms with Gasteiger partial charge in [0.15, 0.2) is 25.0 Å². The maximum atomic E-state index is 13.0. The molecule has 16 atom stereocenters. The van der Waals surface area contributed by atoms with Crippen molar-refractivity contribution in [2.75, 3.05) is 6.61 Å². The van der Waals surface area contributed by atoms with Gasteiger partial charge in [0.05, 0.1) is 24.4 Å². The number of hydrogen-bond acceptors (Lipinski definition) is 16. The molecule has 0 spiro atoms. The van der Waals surface area contributed by atoms with Crippen molar-refractivity contribution in [1.82, 2.24) is 0 Å². The van der Waals surface area contributed by atoms with E-state index >= 15 is 0 Å². The molecule has 3 saturated heterocycles. The summed E-state index contributed by atoms with van der Waals surface area (Å²) in [6.45, 7) is 11.9. The molecule has 0 bridgehead atoms. The summed E-state index contributed by atoms with van der Waals surface area (Å²) in [5.41, 5.74) is 0.701. The van der Waals surface area contributed by atoms with Crippen LogP contribution in [0.2, 0.25) is 0 Å².